The number of aryl methyl sites for hydroxylation is 1. The van der Waals surface area contributed by atoms with Crippen LogP contribution in [0.1, 0.15) is 44.7 Å². The smallest absolute Gasteiger partial charge is 0.122 e. The first-order valence-electron chi connectivity index (χ1n) is 6.18. The lowest BCUT2D eigenvalue weighted by molar-refractivity contribution is 0.407. The van der Waals surface area contributed by atoms with Crippen LogP contribution in [0.5, 0.6) is 5.75 Å². The Morgan fingerprint density at radius 1 is 1.33 bits per heavy atom. The van der Waals surface area contributed by atoms with Gasteiger partial charge in [0.1, 0.15) is 11.3 Å². The Labute approximate surface area is 110 Å². The van der Waals surface area contributed by atoms with E-state index in [1.807, 2.05) is 26.8 Å². The fourth-order valence-electron chi connectivity index (χ4n) is 1.83. The maximum atomic E-state index is 9.09. The molecule has 98 valence electrons. The van der Waals surface area contributed by atoms with Crippen LogP contribution in [-0.4, -0.2) is 12.6 Å². The molecular weight excluding hydrogens is 224 g/mol. The predicted molar refractivity (Wildman–Crippen MR) is 75.1 cm³/mol. The van der Waals surface area contributed by atoms with Crippen LogP contribution in [0.4, 0.5) is 5.69 Å². The molecule has 0 aliphatic heterocycles. The van der Waals surface area contributed by atoms with E-state index in [0.29, 0.717) is 5.92 Å². The number of ether oxygens (including phenoxy) is 1. The van der Waals surface area contributed by atoms with Gasteiger partial charge >= 0.3 is 0 Å². The molecule has 0 radical (unpaired) electrons. The van der Waals surface area contributed by atoms with Crippen molar-refractivity contribution in [2.75, 3.05) is 12.4 Å². The number of nitriles is 1. The van der Waals surface area contributed by atoms with Gasteiger partial charge in [0, 0.05) is 5.69 Å². The van der Waals surface area contributed by atoms with E-state index in [1.54, 1.807) is 7.11 Å². The third-order valence-electron chi connectivity index (χ3n) is 2.93. The van der Waals surface area contributed by atoms with E-state index in [1.165, 1.54) is 0 Å². The average Bonchev–Trinajstić information content (AvgIpc) is 2.30. The van der Waals surface area contributed by atoms with E-state index in [2.05, 4.69) is 31.3 Å². The summed E-state index contributed by atoms with van der Waals surface area (Å²) >= 11 is 0. The van der Waals surface area contributed by atoms with Crippen molar-refractivity contribution in [1.29, 1.82) is 5.26 Å². The second-order valence-corrected chi connectivity index (χ2v) is 5.43. The van der Waals surface area contributed by atoms with Crippen molar-refractivity contribution in [3.63, 3.8) is 0 Å². The minimum atomic E-state index is -0.576. The van der Waals surface area contributed by atoms with Crippen molar-refractivity contribution in [1.82, 2.24) is 0 Å². The molecule has 3 nitrogen and oxygen atoms in total. The molecule has 18 heavy (non-hydrogen) atoms. The second kappa shape index (κ2) is 5.30. The lowest BCUT2D eigenvalue weighted by Crippen LogP contribution is -2.28. The number of anilines is 1. The Balaban J connectivity index is 3.23. The van der Waals surface area contributed by atoms with Crippen molar-refractivity contribution >= 4 is 5.69 Å². The Morgan fingerprint density at radius 3 is 2.39 bits per heavy atom. The number of nitrogens with zero attached hydrogens (tertiary/aromatic N) is 1. The summed E-state index contributed by atoms with van der Waals surface area (Å²) in [5.41, 5.74) is 2.65. The Kier molecular flexibility index (Phi) is 4.24. The van der Waals surface area contributed by atoms with E-state index in [4.69, 9.17) is 10.00 Å². The molecule has 3 heteroatoms. The summed E-state index contributed by atoms with van der Waals surface area (Å²) in [4.78, 5) is 0. The monoisotopic (exact) mass is 246 g/mol. The van der Waals surface area contributed by atoms with Crippen molar-refractivity contribution < 1.29 is 4.74 Å². The number of hydrogen-bond acceptors (Lipinski definition) is 3. The fraction of sp³-hybridized carbons (Fsp3) is 0.533. The first-order chi connectivity index (χ1) is 8.30. The minimum Gasteiger partial charge on any atom is -0.496 e. The van der Waals surface area contributed by atoms with Crippen LogP contribution in [0.2, 0.25) is 0 Å². The lowest BCUT2D eigenvalue weighted by Gasteiger charge is -2.23. The Bertz CT molecular complexity index is 470. The molecule has 0 atom stereocenters. The van der Waals surface area contributed by atoms with Gasteiger partial charge in [-0.3, -0.25) is 0 Å². The van der Waals surface area contributed by atoms with Crippen LogP contribution in [0.25, 0.3) is 0 Å². The second-order valence-electron chi connectivity index (χ2n) is 5.43. The van der Waals surface area contributed by atoms with E-state index < -0.39 is 5.54 Å². The molecule has 0 aliphatic rings. The van der Waals surface area contributed by atoms with Gasteiger partial charge in [-0.05, 0) is 49.9 Å². The average molecular weight is 246 g/mol. The Hall–Kier alpha value is -1.69. The zero-order chi connectivity index (χ0) is 13.9. The van der Waals surface area contributed by atoms with Gasteiger partial charge in [0.2, 0.25) is 0 Å². The topological polar surface area (TPSA) is 45.0 Å². The summed E-state index contributed by atoms with van der Waals surface area (Å²) < 4.78 is 5.41. The fourth-order valence-corrected chi connectivity index (χ4v) is 1.83. The molecule has 0 amide bonds. The minimum absolute atomic E-state index is 0.381. The van der Waals surface area contributed by atoms with Crippen LogP contribution >= 0.6 is 0 Å². The predicted octanol–water partition coefficient (Wildman–Crippen LogP) is 3.84. The molecule has 1 N–H and O–H groups in total. The lowest BCUT2D eigenvalue weighted by atomic mass is 9.97. The van der Waals surface area contributed by atoms with Crippen molar-refractivity contribution in [3.8, 4) is 11.8 Å². The van der Waals surface area contributed by atoms with E-state index in [0.717, 1.165) is 22.6 Å². The highest BCUT2D eigenvalue weighted by Crippen LogP contribution is 2.33. The molecule has 0 saturated carbocycles. The zero-order valence-corrected chi connectivity index (χ0v) is 12.1. The van der Waals surface area contributed by atoms with Crippen molar-refractivity contribution in [2.45, 2.75) is 46.1 Å². The highest BCUT2D eigenvalue weighted by molar-refractivity contribution is 5.59. The number of nitrogens with one attached hydrogen (secondary N) is 1. The highest BCUT2D eigenvalue weighted by Gasteiger charge is 2.19. The van der Waals surface area contributed by atoms with E-state index in [9.17, 15) is 0 Å². The summed E-state index contributed by atoms with van der Waals surface area (Å²) in [5.74, 6) is 1.29. The van der Waals surface area contributed by atoms with E-state index >= 15 is 0 Å². The Morgan fingerprint density at radius 2 is 1.94 bits per heavy atom. The first kappa shape index (κ1) is 14.4. The molecule has 1 rings (SSSR count). The molecule has 0 heterocycles. The third kappa shape index (κ3) is 3.16. The standard InChI is InChI=1S/C15H22N2O/c1-10(2)12-8-13(17-15(4,5)9-16)11(3)7-14(12)18-6/h7-8,10,17H,1-6H3. The molecule has 0 aromatic heterocycles. The normalized spacial score (nSPS) is 11.2. The van der Waals surface area contributed by atoms with Gasteiger partial charge in [-0.1, -0.05) is 13.8 Å². The molecule has 0 aliphatic carbocycles. The largest absolute Gasteiger partial charge is 0.496 e. The van der Waals surface area contributed by atoms with Crippen molar-refractivity contribution in [2.24, 2.45) is 0 Å². The van der Waals surface area contributed by atoms with Crippen LogP contribution in [-0.2, 0) is 0 Å². The number of rotatable bonds is 4. The summed E-state index contributed by atoms with van der Waals surface area (Å²) in [5, 5.41) is 12.4. The molecule has 1 aromatic rings. The molecule has 0 spiro atoms. The molecular formula is C15H22N2O. The molecule has 0 unspecified atom stereocenters. The van der Waals surface area contributed by atoms with Crippen LogP contribution in [0.15, 0.2) is 12.1 Å². The highest BCUT2D eigenvalue weighted by atomic mass is 16.5. The van der Waals surface area contributed by atoms with Gasteiger partial charge in [-0.15, -0.1) is 0 Å². The van der Waals surface area contributed by atoms with Gasteiger partial charge < -0.3 is 10.1 Å². The maximum Gasteiger partial charge on any atom is 0.122 e. The number of hydrogen-bond donors (Lipinski definition) is 1. The summed E-state index contributed by atoms with van der Waals surface area (Å²) in [6, 6.07) is 6.35. The summed E-state index contributed by atoms with van der Waals surface area (Å²) in [7, 11) is 1.69. The van der Waals surface area contributed by atoms with Gasteiger partial charge in [0.25, 0.3) is 0 Å². The first-order valence-corrected chi connectivity index (χ1v) is 6.18. The van der Waals surface area contributed by atoms with Crippen molar-refractivity contribution in [3.05, 3.63) is 23.3 Å². The molecule has 1 aromatic carbocycles. The van der Waals surface area contributed by atoms with E-state index in [-0.39, 0.29) is 0 Å². The van der Waals surface area contributed by atoms with Gasteiger partial charge in [0.15, 0.2) is 0 Å². The third-order valence-corrected chi connectivity index (χ3v) is 2.93. The van der Waals surface area contributed by atoms with Gasteiger partial charge in [-0.2, -0.15) is 5.26 Å². The number of methoxy groups -OCH3 is 1. The van der Waals surface area contributed by atoms with Crippen LogP contribution < -0.4 is 10.1 Å². The quantitative estimate of drug-likeness (QED) is 0.877. The zero-order valence-electron chi connectivity index (χ0n) is 12.1. The SMILES string of the molecule is COc1cc(C)c(NC(C)(C)C#N)cc1C(C)C. The van der Waals surface area contributed by atoms with Gasteiger partial charge in [-0.25, -0.2) is 0 Å². The van der Waals surface area contributed by atoms with Crippen LogP contribution in [0.3, 0.4) is 0 Å². The summed E-state index contributed by atoms with van der Waals surface area (Å²) in [6.07, 6.45) is 0. The maximum absolute atomic E-state index is 9.09. The van der Waals surface area contributed by atoms with Gasteiger partial charge in [0.05, 0.1) is 13.2 Å². The molecule has 0 saturated heterocycles. The molecule has 0 bridgehead atoms. The summed E-state index contributed by atoms with van der Waals surface area (Å²) in [6.45, 7) is 10.0. The number of benzene rings is 1. The van der Waals surface area contributed by atoms with Crippen LogP contribution in [0, 0.1) is 18.3 Å². The molecule has 0 fully saturated rings.